The van der Waals surface area contributed by atoms with Crippen LogP contribution in [0, 0.1) is 18.8 Å². The summed E-state index contributed by atoms with van der Waals surface area (Å²) in [5.41, 5.74) is 1.04. The van der Waals surface area contributed by atoms with Gasteiger partial charge in [0.2, 0.25) is 0 Å². The van der Waals surface area contributed by atoms with Crippen LogP contribution in [0.2, 0.25) is 0 Å². The van der Waals surface area contributed by atoms with E-state index in [0.717, 1.165) is 18.4 Å². The molecule has 0 aromatic heterocycles. The maximum Gasteiger partial charge on any atom is 0.296 e. The van der Waals surface area contributed by atoms with Crippen LogP contribution in [-0.4, -0.2) is 26.7 Å². The van der Waals surface area contributed by atoms with Gasteiger partial charge in [-0.2, -0.15) is 8.42 Å². The quantitative estimate of drug-likeness (QED) is 0.810. The van der Waals surface area contributed by atoms with Crippen molar-refractivity contribution in [1.82, 2.24) is 0 Å². The first kappa shape index (κ1) is 19.4. The SMILES string of the molecule is Cc1ccc(S(=O)(=O)OCC2CCCC2)cc1.OCC1CCCC1. The Morgan fingerprint density at radius 1 is 0.958 bits per heavy atom. The van der Waals surface area contributed by atoms with Gasteiger partial charge in [-0.15, -0.1) is 0 Å². The van der Waals surface area contributed by atoms with E-state index in [9.17, 15) is 8.42 Å². The lowest BCUT2D eigenvalue weighted by atomic mass is 10.1. The second-order valence-corrected chi connectivity index (χ2v) is 8.65. The van der Waals surface area contributed by atoms with Gasteiger partial charge in [0.05, 0.1) is 11.5 Å². The molecule has 0 amide bonds. The molecule has 0 aliphatic heterocycles. The van der Waals surface area contributed by atoms with Gasteiger partial charge in [-0.3, -0.25) is 4.18 Å². The molecule has 3 rings (SSSR count). The third-order valence-corrected chi connectivity index (χ3v) is 6.27. The Hall–Kier alpha value is -0.910. The lowest BCUT2D eigenvalue weighted by molar-refractivity contribution is 0.230. The summed E-state index contributed by atoms with van der Waals surface area (Å²) in [6.07, 6.45) is 9.76. The van der Waals surface area contributed by atoms with Gasteiger partial charge in [-0.05, 0) is 56.6 Å². The summed E-state index contributed by atoms with van der Waals surface area (Å²) < 4.78 is 28.9. The first-order valence-electron chi connectivity index (χ1n) is 9.08. The molecule has 0 unspecified atom stereocenters. The van der Waals surface area contributed by atoms with Gasteiger partial charge < -0.3 is 5.11 Å². The summed E-state index contributed by atoms with van der Waals surface area (Å²) in [5.74, 6) is 1.07. The van der Waals surface area contributed by atoms with Crippen LogP contribution in [0.1, 0.15) is 56.9 Å². The Labute approximate surface area is 146 Å². The molecule has 1 aromatic carbocycles. The summed E-state index contributed by atoms with van der Waals surface area (Å²) >= 11 is 0. The molecule has 4 nitrogen and oxygen atoms in total. The van der Waals surface area contributed by atoms with Crippen molar-refractivity contribution in [3.63, 3.8) is 0 Å². The predicted molar refractivity (Wildman–Crippen MR) is 95.3 cm³/mol. The van der Waals surface area contributed by atoms with Gasteiger partial charge in [-0.1, -0.05) is 43.4 Å². The van der Waals surface area contributed by atoms with E-state index >= 15 is 0 Å². The third kappa shape index (κ3) is 6.19. The van der Waals surface area contributed by atoms with E-state index in [2.05, 4.69) is 0 Å². The molecule has 0 spiro atoms. The maximum atomic E-state index is 11.9. The minimum atomic E-state index is -3.56. The maximum absolute atomic E-state index is 11.9. The highest BCUT2D eigenvalue weighted by Crippen LogP contribution is 2.26. The molecule has 1 N–H and O–H groups in total. The number of rotatable bonds is 5. The largest absolute Gasteiger partial charge is 0.396 e. The molecule has 5 heteroatoms. The van der Waals surface area contributed by atoms with Crippen molar-refractivity contribution in [3.05, 3.63) is 29.8 Å². The zero-order valence-corrected chi connectivity index (χ0v) is 15.4. The second-order valence-electron chi connectivity index (χ2n) is 7.04. The van der Waals surface area contributed by atoms with E-state index in [0.29, 0.717) is 25.0 Å². The van der Waals surface area contributed by atoms with E-state index in [1.54, 1.807) is 24.3 Å². The van der Waals surface area contributed by atoms with Crippen LogP contribution >= 0.6 is 0 Å². The normalized spacial score (nSPS) is 19.2. The zero-order valence-electron chi connectivity index (χ0n) is 14.6. The molecule has 136 valence electrons. The fourth-order valence-electron chi connectivity index (χ4n) is 3.33. The Balaban J connectivity index is 0.000000249. The Morgan fingerprint density at radius 3 is 1.92 bits per heavy atom. The molecule has 24 heavy (non-hydrogen) atoms. The van der Waals surface area contributed by atoms with E-state index in [4.69, 9.17) is 9.29 Å². The third-order valence-electron chi connectivity index (χ3n) is 4.98. The predicted octanol–water partition coefficient (Wildman–Crippen LogP) is 4.06. The molecule has 2 aliphatic carbocycles. The molecular weight excluding hydrogens is 324 g/mol. The zero-order chi connectivity index (χ0) is 17.4. The number of aliphatic hydroxyl groups excluding tert-OH is 1. The number of aryl methyl sites for hydroxylation is 1. The van der Waals surface area contributed by atoms with Crippen molar-refractivity contribution < 1.29 is 17.7 Å². The van der Waals surface area contributed by atoms with Crippen molar-refractivity contribution in [2.24, 2.45) is 11.8 Å². The van der Waals surface area contributed by atoms with Crippen LogP contribution in [-0.2, 0) is 14.3 Å². The molecule has 2 aliphatic rings. The van der Waals surface area contributed by atoms with E-state index in [1.165, 1.54) is 38.5 Å². The molecule has 0 heterocycles. The van der Waals surface area contributed by atoms with Gasteiger partial charge in [0.25, 0.3) is 10.1 Å². The first-order valence-corrected chi connectivity index (χ1v) is 10.5. The summed E-state index contributed by atoms with van der Waals surface area (Å²) in [6, 6.07) is 6.76. The molecule has 1 aromatic rings. The summed E-state index contributed by atoms with van der Waals surface area (Å²) in [5, 5.41) is 8.57. The lowest BCUT2D eigenvalue weighted by Gasteiger charge is -2.10. The van der Waals surface area contributed by atoms with E-state index in [1.807, 2.05) is 6.92 Å². The first-order chi connectivity index (χ1) is 11.5. The molecule has 2 saturated carbocycles. The Bertz CT molecular complexity index is 568. The molecular formula is C19H30O4S. The standard InChI is InChI=1S/C13H18O3S.C6H12O/c1-11-6-8-13(9-7-11)17(14,15)16-10-12-4-2-3-5-12;7-5-6-3-1-2-4-6/h6-9,12H,2-5,10H2,1H3;6-7H,1-5H2. The van der Waals surface area contributed by atoms with E-state index < -0.39 is 10.1 Å². The summed E-state index contributed by atoms with van der Waals surface area (Å²) in [6.45, 7) is 2.67. The lowest BCUT2D eigenvalue weighted by Crippen LogP contribution is -2.12. The Morgan fingerprint density at radius 2 is 1.46 bits per heavy atom. The van der Waals surface area contributed by atoms with Gasteiger partial charge in [-0.25, -0.2) is 0 Å². The molecule has 0 radical (unpaired) electrons. The highest BCUT2D eigenvalue weighted by atomic mass is 32.2. The topological polar surface area (TPSA) is 63.6 Å². The van der Waals surface area contributed by atoms with Gasteiger partial charge in [0.1, 0.15) is 0 Å². The monoisotopic (exact) mass is 354 g/mol. The van der Waals surface area contributed by atoms with E-state index in [-0.39, 0.29) is 4.90 Å². The smallest absolute Gasteiger partial charge is 0.296 e. The number of benzene rings is 1. The van der Waals surface area contributed by atoms with Crippen molar-refractivity contribution in [2.75, 3.05) is 13.2 Å². The van der Waals surface area contributed by atoms with Gasteiger partial charge >= 0.3 is 0 Å². The molecule has 2 fully saturated rings. The van der Waals surface area contributed by atoms with Crippen LogP contribution in [0.15, 0.2) is 29.2 Å². The minimum Gasteiger partial charge on any atom is -0.396 e. The molecule has 0 bridgehead atoms. The fourth-order valence-corrected chi connectivity index (χ4v) is 4.31. The highest BCUT2D eigenvalue weighted by Gasteiger charge is 2.20. The van der Waals surface area contributed by atoms with Crippen LogP contribution in [0.3, 0.4) is 0 Å². The summed E-state index contributed by atoms with van der Waals surface area (Å²) in [4.78, 5) is 0.251. The Kier molecular flexibility index (Phi) is 7.72. The van der Waals surface area contributed by atoms with Crippen LogP contribution in [0.4, 0.5) is 0 Å². The molecule has 0 saturated heterocycles. The van der Waals surface area contributed by atoms with Crippen molar-refractivity contribution in [2.45, 2.75) is 63.2 Å². The van der Waals surface area contributed by atoms with Gasteiger partial charge in [0.15, 0.2) is 0 Å². The van der Waals surface area contributed by atoms with Crippen LogP contribution < -0.4 is 0 Å². The highest BCUT2D eigenvalue weighted by molar-refractivity contribution is 7.86. The average Bonchev–Trinajstić information content (AvgIpc) is 3.27. The number of aliphatic hydroxyl groups is 1. The second kappa shape index (κ2) is 9.54. The van der Waals surface area contributed by atoms with Crippen molar-refractivity contribution in [1.29, 1.82) is 0 Å². The fraction of sp³-hybridized carbons (Fsp3) is 0.684. The average molecular weight is 355 g/mol. The van der Waals surface area contributed by atoms with Gasteiger partial charge in [0, 0.05) is 6.61 Å². The molecule has 0 atom stereocenters. The van der Waals surface area contributed by atoms with Crippen molar-refractivity contribution >= 4 is 10.1 Å². The van der Waals surface area contributed by atoms with Crippen LogP contribution in [0.25, 0.3) is 0 Å². The van der Waals surface area contributed by atoms with Crippen molar-refractivity contribution in [3.8, 4) is 0 Å². The number of hydrogen-bond donors (Lipinski definition) is 1. The summed E-state index contributed by atoms with van der Waals surface area (Å²) in [7, 11) is -3.56. The minimum absolute atomic E-state index is 0.251. The van der Waals surface area contributed by atoms with Crippen LogP contribution in [0.5, 0.6) is 0 Å². The number of hydrogen-bond acceptors (Lipinski definition) is 4.